The first kappa shape index (κ1) is 13.1. The van der Waals surface area contributed by atoms with Crippen molar-refractivity contribution in [3.8, 4) is 0 Å². The molecule has 0 aliphatic heterocycles. The van der Waals surface area contributed by atoms with E-state index in [-0.39, 0.29) is 5.56 Å². The Morgan fingerprint density at radius 1 is 1.16 bits per heavy atom. The van der Waals surface area contributed by atoms with Crippen molar-refractivity contribution in [1.82, 2.24) is 4.98 Å². The van der Waals surface area contributed by atoms with Crippen molar-refractivity contribution in [1.29, 1.82) is 0 Å². The minimum atomic E-state index is -1.62. The molecule has 6 heteroatoms. The van der Waals surface area contributed by atoms with Gasteiger partial charge in [0.15, 0.2) is 17.5 Å². The van der Waals surface area contributed by atoms with Crippen molar-refractivity contribution < 1.29 is 18.0 Å². The van der Waals surface area contributed by atoms with Crippen LogP contribution < -0.4 is 5.32 Å². The fourth-order valence-corrected chi connectivity index (χ4v) is 1.50. The molecular formula is C13H9F3N2O. The number of nitrogens with zero attached hydrogens (tertiary/aromatic N) is 1. The van der Waals surface area contributed by atoms with Crippen LogP contribution in [0.2, 0.25) is 0 Å². The first-order chi connectivity index (χ1) is 8.99. The molecule has 1 N–H and O–H groups in total. The molecule has 0 atom stereocenters. The van der Waals surface area contributed by atoms with Crippen molar-refractivity contribution in [3.05, 3.63) is 59.2 Å². The number of aryl methyl sites for hydroxylation is 1. The van der Waals surface area contributed by atoms with E-state index in [1.165, 1.54) is 18.3 Å². The summed E-state index contributed by atoms with van der Waals surface area (Å²) in [5.74, 6) is -4.99. The lowest BCUT2D eigenvalue weighted by Gasteiger charge is -2.07. The van der Waals surface area contributed by atoms with E-state index in [0.29, 0.717) is 5.69 Å². The van der Waals surface area contributed by atoms with Gasteiger partial charge in [-0.15, -0.1) is 0 Å². The average Bonchev–Trinajstić information content (AvgIpc) is 2.39. The third-order valence-electron chi connectivity index (χ3n) is 2.44. The van der Waals surface area contributed by atoms with Crippen molar-refractivity contribution in [3.63, 3.8) is 0 Å². The summed E-state index contributed by atoms with van der Waals surface area (Å²) in [4.78, 5) is 15.7. The van der Waals surface area contributed by atoms with Crippen LogP contribution in [-0.2, 0) is 0 Å². The van der Waals surface area contributed by atoms with Crippen LogP contribution in [0.4, 0.5) is 18.9 Å². The largest absolute Gasteiger partial charge is 0.319 e. The number of anilines is 1. The highest BCUT2D eigenvalue weighted by molar-refractivity contribution is 6.04. The minimum absolute atomic E-state index is 0.247. The second-order valence-electron chi connectivity index (χ2n) is 3.86. The summed E-state index contributed by atoms with van der Waals surface area (Å²) in [5, 5.41) is 2.17. The molecule has 2 aromatic rings. The molecule has 0 saturated carbocycles. The van der Waals surface area contributed by atoms with Crippen LogP contribution in [-0.4, -0.2) is 10.9 Å². The van der Waals surface area contributed by atoms with Gasteiger partial charge in [0, 0.05) is 17.5 Å². The summed E-state index contributed by atoms with van der Waals surface area (Å²) >= 11 is 0. The highest BCUT2D eigenvalue weighted by atomic mass is 19.2. The van der Waals surface area contributed by atoms with Gasteiger partial charge in [-0.1, -0.05) is 0 Å². The number of rotatable bonds is 2. The minimum Gasteiger partial charge on any atom is -0.319 e. The van der Waals surface area contributed by atoms with Crippen LogP contribution in [0, 0.1) is 24.4 Å². The molecular weight excluding hydrogens is 257 g/mol. The molecule has 2 rings (SSSR count). The van der Waals surface area contributed by atoms with Crippen molar-refractivity contribution in [2.24, 2.45) is 0 Å². The van der Waals surface area contributed by atoms with Crippen LogP contribution in [0.1, 0.15) is 16.1 Å². The maximum atomic E-state index is 13.4. The van der Waals surface area contributed by atoms with E-state index in [0.717, 1.165) is 12.1 Å². The van der Waals surface area contributed by atoms with Gasteiger partial charge in [-0.05, 0) is 31.2 Å². The van der Waals surface area contributed by atoms with Gasteiger partial charge in [0.1, 0.15) is 0 Å². The van der Waals surface area contributed by atoms with Crippen LogP contribution >= 0.6 is 0 Å². The predicted octanol–water partition coefficient (Wildman–Crippen LogP) is 3.06. The number of carbonyl (C=O) groups excluding carboxylic acids is 1. The van der Waals surface area contributed by atoms with Gasteiger partial charge in [-0.25, -0.2) is 13.2 Å². The van der Waals surface area contributed by atoms with Gasteiger partial charge in [0.25, 0.3) is 5.91 Å². The van der Waals surface area contributed by atoms with E-state index in [1.54, 1.807) is 6.92 Å². The van der Waals surface area contributed by atoms with Gasteiger partial charge in [0.2, 0.25) is 0 Å². The molecule has 0 unspecified atom stereocenters. The molecule has 19 heavy (non-hydrogen) atoms. The standard InChI is InChI=1S/C13H9F3N2O/c1-7-6-8(4-5-17-7)13(19)18-10-3-2-9(14)11(15)12(10)16/h2-6H,1H3,(H,18,19). The second-order valence-corrected chi connectivity index (χ2v) is 3.86. The Kier molecular flexibility index (Phi) is 3.50. The highest BCUT2D eigenvalue weighted by Crippen LogP contribution is 2.20. The zero-order valence-electron chi connectivity index (χ0n) is 9.88. The fourth-order valence-electron chi connectivity index (χ4n) is 1.50. The molecule has 98 valence electrons. The Balaban J connectivity index is 2.27. The first-order valence-corrected chi connectivity index (χ1v) is 5.36. The summed E-state index contributed by atoms with van der Waals surface area (Å²) in [5.41, 5.74) is 0.438. The third kappa shape index (κ3) is 2.73. The summed E-state index contributed by atoms with van der Waals surface area (Å²) in [6, 6.07) is 4.62. The Morgan fingerprint density at radius 3 is 2.58 bits per heavy atom. The molecule has 1 heterocycles. The number of hydrogen-bond donors (Lipinski definition) is 1. The number of pyridine rings is 1. The van der Waals surface area contributed by atoms with E-state index < -0.39 is 29.0 Å². The molecule has 0 aliphatic carbocycles. The van der Waals surface area contributed by atoms with Crippen molar-refractivity contribution >= 4 is 11.6 Å². The molecule has 0 fully saturated rings. The van der Waals surface area contributed by atoms with Gasteiger partial charge in [-0.2, -0.15) is 0 Å². The molecule has 1 amide bonds. The van der Waals surface area contributed by atoms with Crippen molar-refractivity contribution in [2.45, 2.75) is 6.92 Å². The zero-order valence-corrected chi connectivity index (χ0v) is 9.88. The quantitative estimate of drug-likeness (QED) is 0.849. The number of aromatic nitrogens is 1. The summed E-state index contributed by atoms with van der Waals surface area (Å²) in [6.07, 6.45) is 1.42. The molecule has 0 aliphatic rings. The van der Waals surface area contributed by atoms with E-state index in [2.05, 4.69) is 10.3 Å². The Hall–Kier alpha value is -2.37. The first-order valence-electron chi connectivity index (χ1n) is 5.36. The molecule has 0 bridgehead atoms. The van der Waals surface area contributed by atoms with Crippen LogP contribution in [0.5, 0.6) is 0 Å². The summed E-state index contributed by atoms with van der Waals surface area (Å²) < 4.78 is 39.1. The van der Waals surface area contributed by atoms with Crippen LogP contribution in [0.25, 0.3) is 0 Å². The van der Waals surface area contributed by atoms with Gasteiger partial charge >= 0.3 is 0 Å². The molecule has 0 radical (unpaired) electrons. The predicted molar refractivity (Wildman–Crippen MR) is 63.2 cm³/mol. The maximum absolute atomic E-state index is 13.4. The van der Waals surface area contributed by atoms with Gasteiger partial charge in [-0.3, -0.25) is 9.78 Å². The lowest BCUT2D eigenvalue weighted by atomic mass is 10.2. The van der Waals surface area contributed by atoms with Gasteiger partial charge < -0.3 is 5.32 Å². The lowest BCUT2D eigenvalue weighted by molar-refractivity contribution is 0.102. The topological polar surface area (TPSA) is 42.0 Å². The number of benzene rings is 1. The second kappa shape index (κ2) is 5.09. The molecule has 3 nitrogen and oxygen atoms in total. The monoisotopic (exact) mass is 266 g/mol. The number of halogens is 3. The smallest absolute Gasteiger partial charge is 0.255 e. The SMILES string of the molecule is Cc1cc(C(=O)Nc2ccc(F)c(F)c2F)ccn1. The van der Waals surface area contributed by atoms with Crippen molar-refractivity contribution in [2.75, 3.05) is 5.32 Å². The third-order valence-corrected chi connectivity index (χ3v) is 2.44. The molecule has 1 aromatic heterocycles. The maximum Gasteiger partial charge on any atom is 0.255 e. The summed E-state index contributed by atoms with van der Waals surface area (Å²) in [7, 11) is 0. The lowest BCUT2D eigenvalue weighted by Crippen LogP contribution is -2.14. The van der Waals surface area contributed by atoms with Crippen LogP contribution in [0.15, 0.2) is 30.5 Å². The highest BCUT2D eigenvalue weighted by Gasteiger charge is 2.15. The van der Waals surface area contributed by atoms with Gasteiger partial charge in [0.05, 0.1) is 5.69 Å². The van der Waals surface area contributed by atoms with E-state index >= 15 is 0 Å². The number of amides is 1. The Bertz CT molecular complexity index is 644. The zero-order chi connectivity index (χ0) is 14.0. The Labute approximate surface area is 107 Å². The molecule has 0 spiro atoms. The number of hydrogen-bond acceptors (Lipinski definition) is 2. The fraction of sp³-hybridized carbons (Fsp3) is 0.0769. The van der Waals surface area contributed by atoms with E-state index in [4.69, 9.17) is 0 Å². The summed E-state index contributed by atoms with van der Waals surface area (Å²) in [6.45, 7) is 1.69. The number of carbonyl (C=O) groups is 1. The number of nitrogens with one attached hydrogen (secondary N) is 1. The normalized spacial score (nSPS) is 10.3. The Morgan fingerprint density at radius 2 is 1.89 bits per heavy atom. The molecule has 0 saturated heterocycles. The van der Waals surface area contributed by atoms with E-state index in [9.17, 15) is 18.0 Å². The average molecular weight is 266 g/mol. The van der Waals surface area contributed by atoms with Crippen LogP contribution in [0.3, 0.4) is 0 Å². The molecule has 1 aromatic carbocycles. The van der Waals surface area contributed by atoms with E-state index in [1.807, 2.05) is 0 Å².